The molecule has 2 heterocycles. The highest BCUT2D eigenvalue weighted by molar-refractivity contribution is 7.22. The molecule has 0 unspecified atom stereocenters. The molecule has 4 rings (SSSR count). The van der Waals surface area contributed by atoms with Crippen molar-refractivity contribution < 1.29 is 35.9 Å². The zero-order chi connectivity index (χ0) is 24.5. The number of benzene rings is 2. The van der Waals surface area contributed by atoms with Crippen molar-refractivity contribution in [1.29, 1.82) is 0 Å². The summed E-state index contributed by atoms with van der Waals surface area (Å²) < 4.78 is 86.0. The number of nitrogens with zero attached hydrogens (tertiary/aromatic N) is 3. The third-order valence-electron chi connectivity index (χ3n) is 5.34. The molecule has 0 aliphatic carbocycles. The number of halogens is 6. The van der Waals surface area contributed by atoms with Gasteiger partial charge in [0.05, 0.1) is 34.6 Å². The van der Waals surface area contributed by atoms with E-state index in [1.807, 2.05) is 4.90 Å². The molecule has 3 aromatic rings. The molecule has 1 amide bonds. The fraction of sp³-hybridized carbons (Fsp3) is 0.364. The van der Waals surface area contributed by atoms with Gasteiger partial charge in [0, 0.05) is 31.7 Å². The topological polar surface area (TPSA) is 45.7 Å². The van der Waals surface area contributed by atoms with Gasteiger partial charge >= 0.3 is 12.4 Å². The van der Waals surface area contributed by atoms with Crippen LogP contribution in [-0.2, 0) is 17.1 Å². The maximum atomic E-state index is 13.4. The first-order chi connectivity index (χ1) is 16.0. The number of morpholine rings is 1. The summed E-state index contributed by atoms with van der Waals surface area (Å²) in [6, 6.07) is 7.91. The molecule has 1 fully saturated rings. The molecule has 1 aliphatic heterocycles. The van der Waals surface area contributed by atoms with Crippen LogP contribution in [0.4, 0.5) is 31.5 Å². The number of hydrogen-bond donors (Lipinski definition) is 0. The van der Waals surface area contributed by atoms with E-state index in [-0.39, 0.29) is 17.7 Å². The Morgan fingerprint density at radius 1 is 1.00 bits per heavy atom. The average Bonchev–Trinajstić information content (AvgIpc) is 3.22. The van der Waals surface area contributed by atoms with Crippen molar-refractivity contribution in [3.63, 3.8) is 0 Å². The minimum absolute atomic E-state index is 0.00649. The quantitative estimate of drug-likeness (QED) is 0.443. The number of amides is 1. The van der Waals surface area contributed by atoms with Crippen molar-refractivity contribution in [3.05, 3.63) is 59.2 Å². The summed E-state index contributed by atoms with van der Waals surface area (Å²) in [6.07, 6.45) is -10.1. The molecule has 34 heavy (non-hydrogen) atoms. The number of alkyl halides is 6. The number of hydrogen-bond acceptors (Lipinski definition) is 5. The maximum Gasteiger partial charge on any atom is 0.416 e. The fourth-order valence-corrected chi connectivity index (χ4v) is 4.55. The highest BCUT2D eigenvalue weighted by Crippen LogP contribution is 2.37. The molecule has 0 N–H and O–H groups in total. The minimum atomic E-state index is -5.05. The molecule has 12 heteroatoms. The second-order valence-electron chi connectivity index (χ2n) is 7.67. The van der Waals surface area contributed by atoms with Crippen LogP contribution in [0.2, 0.25) is 0 Å². The standard InChI is InChI=1S/C22H19F6N3O2S/c23-21(24,25)15-11-14(12-16(13-15)22(26,27)28)19(32)31(6-5-30-7-9-33-10-8-30)20-29-17-3-1-2-4-18(17)34-20/h1-4,11-13H,5-10H2. The Hall–Kier alpha value is -2.70. The van der Waals surface area contributed by atoms with Crippen molar-refractivity contribution in [2.45, 2.75) is 12.4 Å². The highest BCUT2D eigenvalue weighted by Gasteiger charge is 2.38. The Bertz CT molecular complexity index is 1110. The summed E-state index contributed by atoms with van der Waals surface area (Å²) in [5.41, 5.74) is -3.21. The van der Waals surface area contributed by atoms with E-state index < -0.39 is 35.0 Å². The van der Waals surface area contributed by atoms with Crippen molar-refractivity contribution in [1.82, 2.24) is 9.88 Å². The second kappa shape index (κ2) is 9.51. The second-order valence-corrected chi connectivity index (χ2v) is 8.68. The predicted octanol–water partition coefficient (Wildman–Crippen LogP) is 5.31. The Labute approximate surface area is 194 Å². The largest absolute Gasteiger partial charge is 0.416 e. The summed E-state index contributed by atoms with van der Waals surface area (Å²) in [5, 5.41) is 0.199. The molecule has 0 bridgehead atoms. The number of rotatable bonds is 5. The summed E-state index contributed by atoms with van der Waals surface area (Å²) in [7, 11) is 0. The van der Waals surface area contributed by atoms with Gasteiger partial charge in [-0.15, -0.1) is 0 Å². The lowest BCUT2D eigenvalue weighted by molar-refractivity contribution is -0.143. The highest BCUT2D eigenvalue weighted by atomic mass is 32.1. The van der Waals surface area contributed by atoms with Gasteiger partial charge in [-0.05, 0) is 30.3 Å². The number of ether oxygens (including phenoxy) is 1. The number of aromatic nitrogens is 1. The van der Waals surface area contributed by atoms with E-state index in [4.69, 9.17) is 4.74 Å². The number of para-hydroxylation sites is 1. The molecule has 5 nitrogen and oxygen atoms in total. The molecular weight excluding hydrogens is 484 g/mol. The van der Waals surface area contributed by atoms with E-state index >= 15 is 0 Å². The maximum absolute atomic E-state index is 13.4. The van der Waals surface area contributed by atoms with Crippen molar-refractivity contribution in [2.75, 3.05) is 44.3 Å². The lowest BCUT2D eigenvalue weighted by Crippen LogP contribution is -2.43. The van der Waals surface area contributed by atoms with Gasteiger partial charge in [0.15, 0.2) is 5.13 Å². The number of thiazole rings is 1. The van der Waals surface area contributed by atoms with Gasteiger partial charge in [-0.1, -0.05) is 23.5 Å². The number of fused-ring (bicyclic) bond motifs is 1. The van der Waals surface area contributed by atoms with E-state index in [1.54, 1.807) is 24.3 Å². The smallest absolute Gasteiger partial charge is 0.379 e. The van der Waals surface area contributed by atoms with E-state index in [1.165, 1.54) is 0 Å². The number of anilines is 1. The minimum Gasteiger partial charge on any atom is -0.379 e. The number of carbonyl (C=O) groups is 1. The van der Waals surface area contributed by atoms with Crippen LogP contribution in [0.5, 0.6) is 0 Å². The van der Waals surface area contributed by atoms with Crippen molar-refractivity contribution in [3.8, 4) is 0 Å². The molecule has 0 atom stereocenters. The van der Waals surface area contributed by atoms with Gasteiger partial charge in [-0.2, -0.15) is 26.3 Å². The first-order valence-electron chi connectivity index (χ1n) is 10.3. The molecule has 182 valence electrons. The molecular formula is C22H19F6N3O2S. The normalized spacial score (nSPS) is 15.6. The van der Waals surface area contributed by atoms with E-state index in [0.717, 1.165) is 20.9 Å². The monoisotopic (exact) mass is 503 g/mol. The summed E-state index contributed by atoms with van der Waals surface area (Å²) in [5.74, 6) is -0.982. The number of carbonyl (C=O) groups excluding carboxylic acids is 1. The van der Waals surface area contributed by atoms with Crippen molar-refractivity contribution in [2.24, 2.45) is 0 Å². The zero-order valence-corrected chi connectivity index (χ0v) is 18.4. The van der Waals surface area contributed by atoms with E-state index in [0.29, 0.717) is 50.5 Å². The average molecular weight is 503 g/mol. The van der Waals surface area contributed by atoms with Crippen LogP contribution in [-0.4, -0.2) is 55.2 Å². The first-order valence-corrected chi connectivity index (χ1v) is 11.1. The van der Waals surface area contributed by atoms with Gasteiger partial charge in [-0.3, -0.25) is 14.6 Å². The molecule has 1 aliphatic rings. The van der Waals surface area contributed by atoms with Crippen molar-refractivity contribution >= 4 is 32.6 Å². The van der Waals surface area contributed by atoms with E-state index in [9.17, 15) is 31.1 Å². The fourth-order valence-electron chi connectivity index (χ4n) is 3.56. The van der Waals surface area contributed by atoms with Crippen LogP contribution in [0.1, 0.15) is 21.5 Å². The molecule has 1 saturated heterocycles. The van der Waals surface area contributed by atoms with Crippen LogP contribution in [0.3, 0.4) is 0 Å². The van der Waals surface area contributed by atoms with Gasteiger partial charge in [0.2, 0.25) is 0 Å². The zero-order valence-electron chi connectivity index (χ0n) is 17.6. The predicted molar refractivity (Wildman–Crippen MR) is 115 cm³/mol. The van der Waals surface area contributed by atoms with Crippen LogP contribution >= 0.6 is 11.3 Å². The van der Waals surface area contributed by atoms with Crippen LogP contribution < -0.4 is 4.90 Å². The van der Waals surface area contributed by atoms with Crippen LogP contribution in [0.15, 0.2) is 42.5 Å². The molecule has 0 radical (unpaired) electrons. The summed E-state index contributed by atoms with van der Waals surface area (Å²) in [4.78, 5) is 20.9. The lowest BCUT2D eigenvalue weighted by Gasteiger charge is -2.29. The molecule has 1 aromatic heterocycles. The van der Waals surface area contributed by atoms with Crippen LogP contribution in [0, 0.1) is 0 Å². The molecule has 2 aromatic carbocycles. The van der Waals surface area contributed by atoms with Gasteiger partial charge in [0.1, 0.15) is 0 Å². The Balaban J connectivity index is 1.73. The third-order valence-corrected chi connectivity index (χ3v) is 6.40. The van der Waals surface area contributed by atoms with Gasteiger partial charge < -0.3 is 4.74 Å². The summed E-state index contributed by atoms with van der Waals surface area (Å²) in [6.45, 7) is 2.59. The Morgan fingerprint density at radius 3 is 2.21 bits per heavy atom. The SMILES string of the molecule is O=C(c1cc(C(F)(F)F)cc(C(F)(F)F)c1)N(CCN1CCOCC1)c1nc2ccccc2s1. The third kappa shape index (κ3) is 5.50. The Kier molecular flexibility index (Phi) is 6.83. The van der Waals surface area contributed by atoms with E-state index in [2.05, 4.69) is 4.98 Å². The molecule has 0 spiro atoms. The Morgan fingerprint density at radius 2 is 1.62 bits per heavy atom. The summed E-state index contributed by atoms with van der Waals surface area (Å²) >= 11 is 1.14. The van der Waals surface area contributed by atoms with Gasteiger partial charge in [0.25, 0.3) is 5.91 Å². The van der Waals surface area contributed by atoms with Crippen LogP contribution in [0.25, 0.3) is 10.2 Å². The lowest BCUT2D eigenvalue weighted by atomic mass is 10.0. The van der Waals surface area contributed by atoms with Gasteiger partial charge in [-0.25, -0.2) is 4.98 Å². The first kappa shape index (κ1) is 24.4. The molecule has 0 saturated carbocycles.